The van der Waals surface area contributed by atoms with E-state index in [0.717, 1.165) is 50.5 Å². The number of nitrogens with one attached hydrogen (secondary N) is 1. The lowest BCUT2D eigenvalue weighted by Gasteiger charge is -2.31. The van der Waals surface area contributed by atoms with Gasteiger partial charge in [0.15, 0.2) is 0 Å². The summed E-state index contributed by atoms with van der Waals surface area (Å²) in [5, 5.41) is 3.03. The number of nitrogens with zero attached hydrogens (tertiary/aromatic N) is 2. The molecule has 1 aromatic carbocycles. The number of piperidine rings is 1. The number of likely N-dealkylation sites (tertiary alicyclic amines) is 1. The van der Waals surface area contributed by atoms with Gasteiger partial charge < -0.3 is 24.6 Å². The van der Waals surface area contributed by atoms with Crippen molar-refractivity contribution in [3.63, 3.8) is 0 Å². The summed E-state index contributed by atoms with van der Waals surface area (Å²) in [6, 6.07) is 7.75. The first kappa shape index (κ1) is 19.0. The van der Waals surface area contributed by atoms with Gasteiger partial charge in [0.1, 0.15) is 5.75 Å². The summed E-state index contributed by atoms with van der Waals surface area (Å²) in [4.78, 5) is 17.0. The predicted molar refractivity (Wildman–Crippen MR) is 101 cm³/mol. The van der Waals surface area contributed by atoms with Crippen LogP contribution in [-0.4, -0.2) is 68.4 Å². The molecule has 1 atom stereocenters. The maximum Gasteiger partial charge on any atom is 0.317 e. The molecule has 6 heteroatoms. The molecule has 2 heterocycles. The van der Waals surface area contributed by atoms with Crippen LogP contribution < -0.4 is 10.1 Å². The average molecular weight is 361 g/mol. The highest BCUT2D eigenvalue weighted by molar-refractivity contribution is 5.74. The molecule has 2 amide bonds. The van der Waals surface area contributed by atoms with Crippen molar-refractivity contribution in [1.82, 2.24) is 15.1 Å². The zero-order valence-electron chi connectivity index (χ0n) is 15.8. The number of rotatable bonds is 5. The van der Waals surface area contributed by atoms with Gasteiger partial charge in [0.2, 0.25) is 0 Å². The van der Waals surface area contributed by atoms with Crippen molar-refractivity contribution in [3.05, 3.63) is 29.8 Å². The summed E-state index contributed by atoms with van der Waals surface area (Å²) in [7, 11) is 1.65. The molecule has 0 aliphatic carbocycles. The standard InChI is InChI=1S/C20H31N3O3/c1-25-19-9-4-3-8-17(19)14-21-20(24)23-12-7-13-26-18(16-23)15-22-10-5-2-6-11-22/h3-4,8-9,18H,2,5-7,10-16H2,1H3,(H,21,24)/t18-/m0/s1. The normalized spacial score (nSPS) is 21.9. The van der Waals surface area contributed by atoms with Gasteiger partial charge in [-0.25, -0.2) is 4.79 Å². The molecule has 2 aliphatic heterocycles. The average Bonchev–Trinajstić information content (AvgIpc) is 2.93. The molecule has 1 aromatic rings. The quantitative estimate of drug-likeness (QED) is 0.875. The van der Waals surface area contributed by atoms with E-state index in [2.05, 4.69) is 10.2 Å². The van der Waals surface area contributed by atoms with Gasteiger partial charge in [-0.15, -0.1) is 0 Å². The molecule has 6 nitrogen and oxygen atoms in total. The summed E-state index contributed by atoms with van der Waals surface area (Å²) < 4.78 is 11.4. The third-order valence-electron chi connectivity index (χ3n) is 5.17. The van der Waals surface area contributed by atoms with E-state index in [1.54, 1.807) is 7.11 Å². The van der Waals surface area contributed by atoms with Crippen molar-refractivity contribution < 1.29 is 14.3 Å². The Labute approximate surface area is 156 Å². The van der Waals surface area contributed by atoms with Crippen LogP contribution in [0.25, 0.3) is 0 Å². The number of methoxy groups -OCH3 is 1. The van der Waals surface area contributed by atoms with Gasteiger partial charge in [0.05, 0.1) is 13.2 Å². The summed E-state index contributed by atoms with van der Waals surface area (Å²) in [6.45, 7) is 5.84. The number of amides is 2. The van der Waals surface area contributed by atoms with E-state index in [1.165, 1.54) is 19.3 Å². The fraction of sp³-hybridized carbons (Fsp3) is 0.650. The zero-order chi connectivity index (χ0) is 18.2. The molecular formula is C20H31N3O3. The Morgan fingerprint density at radius 1 is 1.19 bits per heavy atom. The third kappa shape index (κ3) is 5.35. The monoisotopic (exact) mass is 361 g/mol. The predicted octanol–water partition coefficient (Wildman–Crippen LogP) is 2.48. The molecule has 1 N–H and O–H groups in total. The first-order valence-corrected chi connectivity index (χ1v) is 9.75. The van der Waals surface area contributed by atoms with Crippen LogP contribution in [0.3, 0.4) is 0 Å². The maximum atomic E-state index is 12.7. The van der Waals surface area contributed by atoms with Crippen LogP contribution in [0.5, 0.6) is 5.75 Å². The Hall–Kier alpha value is -1.79. The number of ether oxygens (including phenoxy) is 2. The molecule has 0 radical (unpaired) electrons. The summed E-state index contributed by atoms with van der Waals surface area (Å²) in [6.07, 6.45) is 4.87. The molecule has 2 fully saturated rings. The number of carbonyl (C=O) groups excluding carboxylic acids is 1. The van der Waals surface area contributed by atoms with Crippen LogP contribution in [0.2, 0.25) is 0 Å². The Bertz CT molecular complexity index is 575. The van der Waals surface area contributed by atoms with Crippen molar-refractivity contribution in [2.24, 2.45) is 0 Å². The van der Waals surface area contributed by atoms with Gasteiger partial charge in [-0.2, -0.15) is 0 Å². The molecule has 0 aromatic heterocycles. The molecule has 3 rings (SSSR count). The highest BCUT2D eigenvalue weighted by atomic mass is 16.5. The van der Waals surface area contributed by atoms with Crippen LogP contribution in [-0.2, 0) is 11.3 Å². The lowest BCUT2D eigenvalue weighted by molar-refractivity contribution is 0.0256. The first-order chi connectivity index (χ1) is 12.8. The highest BCUT2D eigenvalue weighted by Crippen LogP contribution is 2.17. The Morgan fingerprint density at radius 2 is 2.00 bits per heavy atom. The minimum absolute atomic E-state index is 0.0231. The van der Waals surface area contributed by atoms with Crippen molar-refractivity contribution in [1.29, 1.82) is 0 Å². The van der Waals surface area contributed by atoms with E-state index in [-0.39, 0.29) is 12.1 Å². The molecule has 0 unspecified atom stereocenters. The molecule has 2 saturated heterocycles. The molecule has 0 bridgehead atoms. The number of para-hydroxylation sites is 1. The zero-order valence-corrected chi connectivity index (χ0v) is 15.8. The smallest absolute Gasteiger partial charge is 0.317 e. The van der Waals surface area contributed by atoms with E-state index in [0.29, 0.717) is 13.1 Å². The molecule has 144 valence electrons. The lowest BCUT2D eigenvalue weighted by Crippen LogP contribution is -2.46. The largest absolute Gasteiger partial charge is 0.496 e. The van der Waals surface area contributed by atoms with Crippen molar-refractivity contribution >= 4 is 6.03 Å². The number of benzene rings is 1. The molecular weight excluding hydrogens is 330 g/mol. The maximum absolute atomic E-state index is 12.7. The van der Waals surface area contributed by atoms with Gasteiger partial charge in [-0.05, 0) is 38.4 Å². The summed E-state index contributed by atoms with van der Waals surface area (Å²) in [5.74, 6) is 0.801. The van der Waals surface area contributed by atoms with E-state index in [4.69, 9.17) is 9.47 Å². The van der Waals surface area contributed by atoms with Gasteiger partial charge in [-0.3, -0.25) is 0 Å². The van der Waals surface area contributed by atoms with Crippen LogP contribution in [0.15, 0.2) is 24.3 Å². The molecule has 0 spiro atoms. The van der Waals surface area contributed by atoms with Crippen LogP contribution in [0.1, 0.15) is 31.2 Å². The number of urea groups is 1. The lowest BCUT2D eigenvalue weighted by atomic mass is 10.1. The van der Waals surface area contributed by atoms with Crippen LogP contribution >= 0.6 is 0 Å². The Kier molecular flexibility index (Phi) is 7.14. The third-order valence-corrected chi connectivity index (χ3v) is 5.17. The number of carbonyl (C=O) groups is 1. The van der Waals surface area contributed by atoms with Crippen LogP contribution in [0.4, 0.5) is 4.79 Å². The van der Waals surface area contributed by atoms with Gasteiger partial charge in [-0.1, -0.05) is 24.6 Å². The van der Waals surface area contributed by atoms with E-state index in [9.17, 15) is 4.79 Å². The molecule has 2 aliphatic rings. The molecule has 26 heavy (non-hydrogen) atoms. The van der Waals surface area contributed by atoms with Crippen molar-refractivity contribution in [3.8, 4) is 5.75 Å². The second-order valence-corrected chi connectivity index (χ2v) is 7.12. The van der Waals surface area contributed by atoms with Crippen molar-refractivity contribution in [2.45, 2.75) is 38.3 Å². The van der Waals surface area contributed by atoms with E-state index in [1.807, 2.05) is 29.2 Å². The summed E-state index contributed by atoms with van der Waals surface area (Å²) >= 11 is 0. The minimum atomic E-state index is -0.0231. The topological polar surface area (TPSA) is 54.0 Å². The summed E-state index contributed by atoms with van der Waals surface area (Å²) in [5.41, 5.74) is 0.985. The SMILES string of the molecule is COc1ccccc1CNC(=O)N1CCCO[C@@H](CN2CCCCC2)C1. The fourth-order valence-electron chi connectivity index (χ4n) is 3.75. The van der Waals surface area contributed by atoms with E-state index < -0.39 is 0 Å². The Balaban J connectivity index is 1.52. The molecule has 0 saturated carbocycles. The first-order valence-electron chi connectivity index (χ1n) is 9.75. The van der Waals surface area contributed by atoms with Gasteiger partial charge in [0.25, 0.3) is 0 Å². The van der Waals surface area contributed by atoms with Crippen LogP contribution in [0, 0.1) is 0 Å². The van der Waals surface area contributed by atoms with E-state index >= 15 is 0 Å². The highest BCUT2D eigenvalue weighted by Gasteiger charge is 2.25. The van der Waals surface area contributed by atoms with Gasteiger partial charge >= 0.3 is 6.03 Å². The fourth-order valence-corrected chi connectivity index (χ4v) is 3.75. The number of hydrogen-bond acceptors (Lipinski definition) is 4. The van der Waals surface area contributed by atoms with Gasteiger partial charge in [0, 0.05) is 38.3 Å². The second kappa shape index (κ2) is 9.78. The Morgan fingerprint density at radius 3 is 2.81 bits per heavy atom. The van der Waals surface area contributed by atoms with Crippen molar-refractivity contribution in [2.75, 3.05) is 46.4 Å². The minimum Gasteiger partial charge on any atom is -0.496 e. The second-order valence-electron chi connectivity index (χ2n) is 7.12. The number of hydrogen-bond donors (Lipinski definition) is 1.